The Morgan fingerprint density at radius 2 is 1.73 bits per heavy atom. The number of carbonyl (C=O) groups excluding carboxylic acids is 1. The van der Waals surface area contributed by atoms with Crippen LogP contribution >= 0.6 is 0 Å². The summed E-state index contributed by atoms with van der Waals surface area (Å²) in [5.74, 6) is -1.06. The van der Waals surface area contributed by atoms with E-state index in [1.807, 2.05) is 59.7 Å². The average Bonchev–Trinajstić information content (AvgIpc) is 2.80. The Balaban J connectivity index is 0.00000116. The predicted octanol–water partition coefficient (Wildman–Crippen LogP) is 3.79. The molecule has 4 heteroatoms. The fourth-order valence-electron chi connectivity index (χ4n) is 3.00. The molecule has 1 saturated heterocycles. The summed E-state index contributed by atoms with van der Waals surface area (Å²) < 4.78 is 0. The first-order valence-corrected chi connectivity index (χ1v) is 7.89. The lowest BCUT2D eigenvalue weighted by molar-refractivity contribution is -0.151. The Bertz CT molecular complexity index is 545. The number of nitrogens with zero attached hydrogens (tertiary/aromatic N) is 1. The molecule has 1 atom stereocenters. The summed E-state index contributed by atoms with van der Waals surface area (Å²) in [6.07, 6.45) is 0.0772. The molecule has 2 rings (SSSR count). The SMILES string of the molecule is CC.Cc1cccc(C)c1N1CC(C(=O)O)(C(C)C)CC1=O. The van der Waals surface area contributed by atoms with Gasteiger partial charge in [0.05, 0.1) is 5.41 Å². The van der Waals surface area contributed by atoms with E-state index in [1.165, 1.54) is 0 Å². The van der Waals surface area contributed by atoms with Gasteiger partial charge in [-0.05, 0) is 30.9 Å². The number of amides is 1. The molecular formula is C18H27NO3. The van der Waals surface area contributed by atoms with Crippen LogP contribution < -0.4 is 4.90 Å². The van der Waals surface area contributed by atoms with Gasteiger partial charge in [0, 0.05) is 18.7 Å². The van der Waals surface area contributed by atoms with Gasteiger partial charge >= 0.3 is 5.97 Å². The van der Waals surface area contributed by atoms with Crippen LogP contribution in [0.5, 0.6) is 0 Å². The summed E-state index contributed by atoms with van der Waals surface area (Å²) in [5.41, 5.74) is 1.89. The molecule has 1 N–H and O–H groups in total. The van der Waals surface area contributed by atoms with Gasteiger partial charge in [-0.1, -0.05) is 45.9 Å². The monoisotopic (exact) mass is 305 g/mol. The molecule has 122 valence electrons. The van der Waals surface area contributed by atoms with Crippen molar-refractivity contribution in [3.8, 4) is 0 Å². The van der Waals surface area contributed by atoms with E-state index in [4.69, 9.17) is 0 Å². The van der Waals surface area contributed by atoms with Crippen molar-refractivity contribution in [1.29, 1.82) is 0 Å². The highest BCUT2D eigenvalue weighted by molar-refractivity contribution is 6.02. The maximum Gasteiger partial charge on any atom is 0.312 e. The van der Waals surface area contributed by atoms with E-state index in [1.54, 1.807) is 4.90 Å². The van der Waals surface area contributed by atoms with E-state index < -0.39 is 11.4 Å². The van der Waals surface area contributed by atoms with Gasteiger partial charge in [0.2, 0.25) is 5.91 Å². The van der Waals surface area contributed by atoms with Crippen molar-refractivity contribution < 1.29 is 14.7 Å². The van der Waals surface area contributed by atoms with Crippen LogP contribution in [0.3, 0.4) is 0 Å². The zero-order chi connectivity index (χ0) is 17.1. The Labute approximate surface area is 133 Å². The summed E-state index contributed by atoms with van der Waals surface area (Å²) in [6.45, 7) is 11.9. The summed E-state index contributed by atoms with van der Waals surface area (Å²) in [6, 6.07) is 5.85. The lowest BCUT2D eigenvalue weighted by atomic mass is 9.76. The molecule has 22 heavy (non-hydrogen) atoms. The smallest absolute Gasteiger partial charge is 0.312 e. The first-order chi connectivity index (χ1) is 10.3. The quantitative estimate of drug-likeness (QED) is 0.924. The Morgan fingerprint density at radius 3 is 2.09 bits per heavy atom. The number of rotatable bonds is 3. The van der Waals surface area contributed by atoms with Gasteiger partial charge in [0.25, 0.3) is 0 Å². The summed E-state index contributed by atoms with van der Waals surface area (Å²) in [5, 5.41) is 9.58. The highest BCUT2D eigenvalue weighted by Gasteiger charge is 2.52. The molecule has 1 amide bonds. The van der Waals surface area contributed by atoms with E-state index >= 15 is 0 Å². The van der Waals surface area contributed by atoms with Gasteiger partial charge in [-0.3, -0.25) is 9.59 Å². The highest BCUT2D eigenvalue weighted by Crippen LogP contribution is 2.42. The van der Waals surface area contributed by atoms with Crippen LogP contribution in [-0.2, 0) is 9.59 Å². The molecule has 0 radical (unpaired) electrons. The second-order valence-electron chi connectivity index (χ2n) is 6.01. The third kappa shape index (κ3) is 3.01. The van der Waals surface area contributed by atoms with Crippen molar-refractivity contribution in [3.05, 3.63) is 29.3 Å². The van der Waals surface area contributed by atoms with Gasteiger partial charge < -0.3 is 10.0 Å². The maximum atomic E-state index is 12.4. The van der Waals surface area contributed by atoms with Crippen LogP contribution in [0.4, 0.5) is 5.69 Å². The molecule has 0 aromatic heterocycles. The molecular weight excluding hydrogens is 278 g/mol. The molecule has 1 fully saturated rings. The largest absolute Gasteiger partial charge is 0.481 e. The minimum Gasteiger partial charge on any atom is -0.481 e. The molecule has 0 bridgehead atoms. The molecule has 1 aliphatic heterocycles. The van der Waals surface area contributed by atoms with Gasteiger partial charge in [0.15, 0.2) is 0 Å². The molecule has 4 nitrogen and oxygen atoms in total. The normalized spacial score (nSPS) is 20.9. The molecule has 0 spiro atoms. The zero-order valence-corrected chi connectivity index (χ0v) is 14.4. The molecule has 1 aromatic carbocycles. The lowest BCUT2D eigenvalue weighted by Crippen LogP contribution is -2.39. The maximum absolute atomic E-state index is 12.4. The Hall–Kier alpha value is -1.84. The number of carbonyl (C=O) groups is 2. The summed E-state index contributed by atoms with van der Waals surface area (Å²) in [4.78, 5) is 25.7. The zero-order valence-electron chi connectivity index (χ0n) is 14.4. The van der Waals surface area contributed by atoms with E-state index in [0.29, 0.717) is 0 Å². The van der Waals surface area contributed by atoms with Crippen molar-refractivity contribution in [1.82, 2.24) is 0 Å². The summed E-state index contributed by atoms with van der Waals surface area (Å²) >= 11 is 0. The Morgan fingerprint density at radius 1 is 1.23 bits per heavy atom. The van der Waals surface area contributed by atoms with E-state index in [0.717, 1.165) is 16.8 Å². The molecule has 1 aromatic rings. The molecule has 1 unspecified atom stereocenters. The minimum atomic E-state index is -0.980. The van der Waals surface area contributed by atoms with Crippen LogP contribution in [-0.4, -0.2) is 23.5 Å². The van der Waals surface area contributed by atoms with Crippen LogP contribution in [0.15, 0.2) is 18.2 Å². The van der Waals surface area contributed by atoms with Crippen LogP contribution in [0, 0.1) is 25.2 Å². The number of aryl methyl sites for hydroxylation is 2. The molecule has 1 heterocycles. The molecule has 0 aliphatic carbocycles. The number of carboxylic acid groups (broad SMARTS) is 1. The Kier molecular flexibility index (Phi) is 5.75. The lowest BCUT2D eigenvalue weighted by Gasteiger charge is -2.29. The van der Waals surface area contributed by atoms with Crippen molar-refractivity contribution in [2.24, 2.45) is 11.3 Å². The van der Waals surface area contributed by atoms with Gasteiger partial charge in [0.1, 0.15) is 0 Å². The van der Waals surface area contributed by atoms with Crippen molar-refractivity contribution in [2.45, 2.75) is 48.0 Å². The van der Waals surface area contributed by atoms with Crippen molar-refractivity contribution in [3.63, 3.8) is 0 Å². The predicted molar refractivity (Wildman–Crippen MR) is 89.1 cm³/mol. The number of benzene rings is 1. The molecule has 0 saturated carbocycles. The standard InChI is InChI=1S/C16H21NO3.C2H6/c1-10(2)16(15(19)20)8-13(18)17(9-16)14-11(3)6-5-7-12(14)4;1-2/h5-7,10H,8-9H2,1-4H3,(H,19,20);1-2H3. The number of hydrogen-bond acceptors (Lipinski definition) is 2. The minimum absolute atomic E-state index is 0.0772. The summed E-state index contributed by atoms with van der Waals surface area (Å²) in [7, 11) is 0. The average molecular weight is 305 g/mol. The second-order valence-corrected chi connectivity index (χ2v) is 6.01. The van der Waals surface area contributed by atoms with Gasteiger partial charge in [-0.15, -0.1) is 0 Å². The molecule has 1 aliphatic rings. The fourth-order valence-corrected chi connectivity index (χ4v) is 3.00. The number of aliphatic carboxylic acids is 1. The number of hydrogen-bond donors (Lipinski definition) is 1. The van der Waals surface area contributed by atoms with Crippen LogP contribution in [0.1, 0.15) is 45.2 Å². The van der Waals surface area contributed by atoms with Gasteiger partial charge in [-0.25, -0.2) is 0 Å². The van der Waals surface area contributed by atoms with E-state index in [-0.39, 0.29) is 24.8 Å². The van der Waals surface area contributed by atoms with Crippen molar-refractivity contribution >= 4 is 17.6 Å². The first-order valence-electron chi connectivity index (χ1n) is 7.89. The highest BCUT2D eigenvalue weighted by atomic mass is 16.4. The van der Waals surface area contributed by atoms with E-state index in [9.17, 15) is 14.7 Å². The number of anilines is 1. The van der Waals surface area contributed by atoms with Crippen LogP contribution in [0.25, 0.3) is 0 Å². The van der Waals surface area contributed by atoms with Crippen LogP contribution in [0.2, 0.25) is 0 Å². The van der Waals surface area contributed by atoms with E-state index in [2.05, 4.69) is 0 Å². The van der Waals surface area contributed by atoms with Crippen molar-refractivity contribution in [2.75, 3.05) is 11.4 Å². The third-order valence-corrected chi connectivity index (χ3v) is 4.45. The second kappa shape index (κ2) is 6.95. The first kappa shape index (κ1) is 18.2. The number of para-hydroxylation sites is 1. The third-order valence-electron chi connectivity index (χ3n) is 4.45. The van der Waals surface area contributed by atoms with Gasteiger partial charge in [-0.2, -0.15) is 0 Å². The fraction of sp³-hybridized carbons (Fsp3) is 0.556. The number of carboxylic acids is 1. The topological polar surface area (TPSA) is 57.6 Å².